The minimum atomic E-state index is -0.746. The van der Waals surface area contributed by atoms with Crippen LogP contribution in [-0.4, -0.2) is 29.4 Å². The monoisotopic (exact) mass is 164 g/mol. The quantitative estimate of drug-likeness (QED) is 0.473. The van der Waals surface area contributed by atoms with Crippen LogP contribution in [0.5, 0.6) is 0 Å². The van der Waals surface area contributed by atoms with Crippen LogP contribution < -0.4 is 0 Å². The lowest BCUT2D eigenvalue weighted by molar-refractivity contribution is -0.136. The van der Waals surface area contributed by atoms with Gasteiger partial charge in [-0.25, -0.2) is 0 Å². The Labute approximate surface area is 64.8 Å². The Morgan fingerprint density at radius 2 is 2.40 bits per heavy atom. The zero-order valence-electron chi connectivity index (χ0n) is 6.00. The molecule has 0 heterocycles. The van der Waals surface area contributed by atoms with Crippen molar-refractivity contribution in [1.29, 1.82) is 0 Å². The van der Waals surface area contributed by atoms with Crippen LogP contribution >= 0.6 is 11.8 Å². The average molecular weight is 164 g/mol. The first kappa shape index (κ1) is 9.78. The van der Waals surface area contributed by atoms with Crippen molar-refractivity contribution in [3.63, 3.8) is 0 Å². The van der Waals surface area contributed by atoms with Gasteiger partial charge in [0.2, 0.25) is 0 Å². The summed E-state index contributed by atoms with van der Waals surface area (Å²) in [4.78, 5) is 9.98. The van der Waals surface area contributed by atoms with E-state index in [2.05, 4.69) is 0 Å². The lowest BCUT2D eigenvalue weighted by Crippen LogP contribution is -1.97. The molecule has 0 unspecified atom stereocenters. The van der Waals surface area contributed by atoms with Crippen molar-refractivity contribution in [2.75, 3.05) is 18.3 Å². The number of aliphatic carboxylic acids is 1. The Hall–Kier alpha value is -0.220. The van der Waals surface area contributed by atoms with Gasteiger partial charge in [0.15, 0.2) is 0 Å². The average Bonchev–Trinajstić information content (AvgIpc) is 1.87. The van der Waals surface area contributed by atoms with E-state index < -0.39 is 5.97 Å². The third-order valence-electron chi connectivity index (χ3n) is 0.831. The Morgan fingerprint density at radius 1 is 1.70 bits per heavy atom. The zero-order chi connectivity index (χ0) is 7.82. The number of carbonyl (C=O) groups is 1. The highest BCUT2D eigenvalue weighted by Gasteiger charge is 1.94. The van der Waals surface area contributed by atoms with Gasteiger partial charge in [-0.15, -0.1) is 11.8 Å². The number of hydrogen-bond donors (Lipinski definition) is 1. The summed E-state index contributed by atoms with van der Waals surface area (Å²) < 4.78 is 4.99. The van der Waals surface area contributed by atoms with Crippen molar-refractivity contribution in [3.8, 4) is 0 Å². The molecule has 0 amide bonds. The SMILES string of the molecule is CCOCSCCC(=O)O. The van der Waals surface area contributed by atoms with Gasteiger partial charge in [0, 0.05) is 12.4 Å². The van der Waals surface area contributed by atoms with Crippen LogP contribution in [0, 0.1) is 0 Å². The number of carboxylic acids is 1. The summed E-state index contributed by atoms with van der Waals surface area (Å²) in [6.07, 6.45) is 0.220. The number of ether oxygens (including phenoxy) is 1. The summed E-state index contributed by atoms with van der Waals surface area (Å²) in [5, 5.41) is 8.22. The minimum absolute atomic E-state index is 0.220. The van der Waals surface area contributed by atoms with Crippen LogP contribution in [0.15, 0.2) is 0 Å². The summed E-state index contributed by atoms with van der Waals surface area (Å²) in [5.74, 6) is 0.489. The summed E-state index contributed by atoms with van der Waals surface area (Å²) in [6, 6.07) is 0. The van der Waals surface area contributed by atoms with Crippen molar-refractivity contribution in [2.45, 2.75) is 13.3 Å². The smallest absolute Gasteiger partial charge is 0.304 e. The second-order valence-electron chi connectivity index (χ2n) is 1.66. The topological polar surface area (TPSA) is 46.5 Å². The van der Waals surface area contributed by atoms with Crippen LogP contribution in [0.2, 0.25) is 0 Å². The normalized spacial score (nSPS) is 9.70. The van der Waals surface area contributed by atoms with Gasteiger partial charge in [-0.3, -0.25) is 4.79 Å². The van der Waals surface area contributed by atoms with Crippen LogP contribution in [-0.2, 0) is 9.53 Å². The molecule has 3 nitrogen and oxygen atoms in total. The molecule has 0 fully saturated rings. The number of thioether (sulfide) groups is 1. The third-order valence-corrected chi connectivity index (χ3v) is 1.66. The predicted molar refractivity (Wildman–Crippen MR) is 41.2 cm³/mol. The highest BCUT2D eigenvalue weighted by atomic mass is 32.2. The number of rotatable bonds is 6. The molecule has 0 bridgehead atoms. The van der Waals surface area contributed by atoms with Crippen LogP contribution in [0.1, 0.15) is 13.3 Å². The van der Waals surface area contributed by atoms with Crippen LogP contribution in [0.3, 0.4) is 0 Å². The van der Waals surface area contributed by atoms with Gasteiger partial charge in [-0.05, 0) is 6.92 Å². The molecule has 10 heavy (non-hydrogen) atoms. The molecule has 0 saturated heterocycles. The lowest BCUT2D eigenvalue weighted by atomic mass is 10.5. The van der Waals surface area contributed by atoms with E-state index >= 15 is 0 Å². The molecule has 0 saturated carbocycles. The van der Waals surface area contributed by atoms with E-state index in [0.29, 0.717) is 18.3 Å². The molecular weight excluding hydrogens is 152 g/mol. The Morgan fingerprint density at radius 3 is 2.90 bits per heavy atom. The lowest BCUT2D eigenvalue weighted by Gasteiger charge is -1.97. The van der Waals surface area contributed by atoms with Crippen molar-refractivity contribution in [1.82, 2.24) is 0 Å². The van der Waals surface area contributed by atoms with E-state index in [0.717, 1.165) is 0 Å². The summed E-state index contributed by atoms with van der Waals surface area (Å²) in [6.45, 7) is 2.61. The fraction of sp³-hybridized carbons (Fsp3) is 0.833. The van der Waals surface area contributed by atoms with Crippen molar-refractivity contribution in [3.05, 3.63) is 0 Å². The Kier molecular flexibility index (Phi) is 6.74. The molecule has 0 rings (SSSR count). The van der Waals surface area contributed by atoms with Gasteiger partial charge in [0.1, 0.15) is 0 Å². The van der Waals surface area contributed by atoms with Crippen LogP contribution in [0.25, 0.3) is 0 Å². The molecule has 0 aromatic carbocycles. The largest absolute Gasteiger partial charge is 0.481 e. The molecule has 0 aromatic rings. The van der Waals surface area contributed by atoms with Gasteiger partial charge < -0.3 is 9.84 Å². The van der Waals surface area contributed by atoms with Crippen LogP contribution in [0.4, 0.5) is 0 Å². The van der Waals surface area contributed by atoms with E-state index in [-0.39, 0.29) is 6.42 Å². The van der Waals surface area contributed by atoms with Crippen molar-refractivity contribution >= 4 is 17.7 Å². The molecular formula is C6H12O3S. The highest BCUT2D eigenvalue weighted by Crippen LogP contribution is 2.01. The van der Waals surface area contributed by atoms with Crippen molar-refractivity contribution in [2.24, 2.45) is 0 Å². The molecule has 0 aliphatic rings. The van der Waals surface area contributed by atoms with Gasteiger partial charge >= 0.3 is 5.97 Å². The zero-order valence-corrected chi connectivity index (χ0v) is 6.82. The predicted octanol–water partition coefficient (Wildman–Crippen LogP) is 1.19. The van der Waals surface area contributed by atoms with Gasteiger partial charge in [0.05, 0.1) is 12.4 Å². The molecule has 0 atom stereocenters. The molecule has 4 heteroatoms. The summed E-state index contributed by atoms with van der Waals surface area (Å²) >= 11 is 1.50. The van der Waals surface area contributed by atoms with E-state index in [9.17, 15) is 4.79 Å². The first-order chi connectivity index (χ1) is 4.77. The molecule has 0 aliphatic heterocycles. The molecule has 0 aromatic heterocycles. The fourth-order valence-corrected chi connectivity index (χ4v) is 1.08. The molecule has 0 spiro atoms. The van der Waals surface area contributed by atoms with Crippen molar-refractivity contribution < 1.29 is 14.6 Å². The summed E-state index contributed by atoms with van der Waals surface area (Å²) in [5.41, 5.74) is 0. The van der Waals surface area contributed by atoms with Gasteiger partial charge in [-0.2, -0.15) is 0 Å². The highest BCUT2D eigenvalue weighted by molar-refractivity contribution is 7.99. The van der Waals surface area contributed by atoms with Gasteiger partial charge in [0.25, 0.3) is 0 Å². The maximum absolute atomic E-state index is 9.98. The molecule has 60 valence electrons. The van der Waals surface area contributed by atoms with Gasteiger partial charge in [-0.1, -0.05) is 0 Å². The first-order valence-electron chi connectivity index (χ1n) is 3.14. The maximum Gasteiger partial charge on any atom is 0.304 e. The second kappa shape index (κ2) is 6.89. The minimum Gasteiger partial charge on any atom is -0.481 e. The number of carboxylic acid groups (broad SMARTS) is 1. The summed E-state index contributed by atoms with van der Waals surface area (Å²) in [7, 11) is 0. The molecule has 0 aliphatic carbocycles. The van der Waals surface area contributed by atoms with E-state index in [4.69, 9.17) is 9.84 Å². The third kappa shape index (κ3) is 7.78. The maximum atomic E-state index is 9.98. The second-order valence-corrected chi connectivity index (χ2v) is 2.71. The Balaban J connectivity index is 2.84. The molecule has 0 radical (unpaired) electrons. The molecule has 1 N–H and O–H groups in total. The number of hydrogen-bond acceptors (Lipinski definition) is 3. The fourth-order valence-electron chi connectivity index (χ4n) is 0.361. The Bertz CT molecular complexity index is 95.0. The van der Waals surface area contributed by atoms with E-state index in [1.165, 1.54) is 11.8 Å². The standard InChI is InChI=1S/C6H12O3S/c1-2-9-5-10-4-3-6(7)8/h2-5H2,1H3,(H,7,8). The van der Waals surface area contributed by atoms with E-state index in [1.54, 1.807) is 0 Å². The van der Waals surface area contributed by atoms with E-state index in [1.807, 2.05) is 6.92 Å². The first-order valence-corrected chi connectivity index (χ1v) is 4.30.